The van der Waals surface area contributed by atoms with Crippen molar-refractivity contribution < 1.29 is 8.95 Å². The number of nitrogens with one attached hydrogen (secondary N) is 1. The molecule has 2 aromatic rings. The number of allylic oxidation sites excluding steroid dienone is 1. The van der Waals surface area contributed by atoms with E-state index < -0.39 is 10.8 Å². The summed E-state index contributed by atoms with van der Waals surface area (Å²) in [4.78, 5) is 8.41. The molecule has 0 radical (unpaired) electrons. The second-order valence-corrected chi connectivity index (χ2v) is 11.1. The molecule has 178 valence electrons. The molecule has 3 fully saturated rings. The minimum absolute atomic E-state index is 0.0745. The molecule has 5 rings (SSSR count). The van der Waals surface area contributed by atoms with Gasteiger partial charge in [-0.05, 0) is 62.8 Å². The van der Waals surface area contributed by atoms with Crippen LogP contribution in [0.4, 0.5) is 5.95 Å². The van der Waals surface area contributed by atoms with Crippen LogP contribution < -0.4 is 15.8 Å². The van der Waals surface area contributed by atoms with Crippen molar-refractivity contribution in [2.45, 2.75) is 44.7 Å². The van der Waals surface area contributed by atoms with Crippen molar-refractivity contribution in [1.82, 2.24) is 19.7 Å². The Morgan fingerprint density at radius 1 is 1.36 bits per heavy atom. The second kappa shape index (κ2) is 9.42. The molecule has 33 heavy (non-hydrogen) atoms. The molecule has 2 aliphatic heterocycles. The summed E-state index contributed by atoms with van der Waals surface area (Å²) in [6, 6.07) is 8.03. The maximum absolute atomic E-state index is 11.8. The number of thiocarbonyl (C=S) groups is 1. The topological polar surface area (TPSA) is 98.3 Å². The largest absolute Gasteiger partial charge is 0.424 e. The van der Waals surface area contributed by atoms with E-state index in [1.165, 1.54) is 0 Å². The number of anilines is 1. The van der Waals surface area contributed by atoms with Gasteiger partial charge in [0, 0.05) is 46.8 Å². The highest BCUT2D eigenvalue weighted by atomic mass is 32.2. The minimum atomic E-state index is -1.08. The number of nitrogens with zero attached hydrogens (tertiary/aromatic N) is 4. The first kappa shape index (κ1) is 23.7. The van der Waals surface area contributed by atoms with Gasteiger partial charge in [0.05, 0.1) is 6.04 Å². The fourth-order valence-electron chi connectivity index (χ4n) is 4.71. The molecule has 3 N–H and O–H groups in total. The molecule has 3 aliphatic rings. The summed E-state index contributed by atoms with van der Waals surface area (Å²) < 4.78 is 19.6. The van der Waals surface area contributed by atoms with Crippen LogP contribution in [-0.2, 0) is 10.8 Å². The zero-order valence-corrected chi connectivity index (χ0v) is 21.3. The Bertz CT molecular complexity index is 1080. The number of nitrogens with two attached hydrogens (primary N) is 1. The van der Waals surface area contributed by atoms with Crippen molar-refractivity contribution in [1.29, 1.82) is 0 Å². The average Bonchev–Trinajstić information content (AvgIpc) is 3.16. The second-order valence-electron chi connectivity index (χ2n) is 9.28. The fraction of sp³-hybridized carbons (Fsp3) is 0.522. The van der Waals surface area contributed by atoms with Gasteiger partial charge < -0.3 is 20.7 Å². The lowest BCUT2D eigenvalue weighted by Gasteiger charge is -2.58. The van der Waals surface area contributed by atoms with Crippen molar-refractivity contribution in [3.8, 4) is 11.8 Å². The molecule has 1 saturated carbocycles. The van der Waals surface area contributed by atoms with E-state index in [-0.39, 0.29) is 6.04 Å². The SMILES string of the molecule is CC(N)=CC(=S)N1CC2C(C)[C@@H](C1)C2Nc1nc(Oc2cccc(S(C)=O)c2)n(C(C)C)n1. The molecule has 0 amide bonds. The van der Waals surface area contributed by atoms with Crippen LogP contribution in [0.2, 0.25) is 0 Å². The number of ether oxygens (including phenoxy) is 1. The number of benzene rings is 1. The average molecular weight is 489 g/mol. The standard InChI is InChI=1S/C23H32N6O2S2/c1-13(2)29-23(31-16-7-6-8-17(10-16)33(5)30)26-22(27-29)25-21-18-11-28(12-19(21)15(18)4)20(32)9-14(3)24/h6-10,13,15,18-19,21H,11-12,24H2,1-5H3,(H,25,27)/t15?,18-,19?,21?,33?/m1/s1. The normalized spacial score (nSPS) is 25.5. The first-order valence-corrected chi connectivity index (χ1v) is 13.2. The molecule has 3 heterocycles. The summed E-state index contributed by atoms with van der Waals surface area (Å²) >= 11 is 5.55. The summed E-state index contributed by atoms with van der Waals surface area (Å²) in [5.41, 5.74) is 6.54. The Hall–Kier alpha value is -2.46. The lowest BCUT2D eigenvalue weighted by molar-refractivity contribution is -0.0187. The maximum atomic E-state index is 11.8. The van der Waals surface area contributed by atoms with Gasteiger partial charge in [-0.1, -0.05) is 25.2 Å². The van der Waals surface area contributed by atoms with Crippen LogP contribution in [0.15, 0.2) is 40.9 Å². The van der Waals surface area contributed by atoms with E-state index in [0.717, 1.165) is 23.8 Å². The predicted octanol–water partition coefficient (Wildman–Crippen LogP) is 3.56. The zero-order valence-electron chi connectivity index (χ0n) is 19.7. The van der Waals surface area contributed by atoms with Crippen LogP contribution in [0, 0.1) is 17.8 Å². The third kappa shape index (κ3) is 4.91. The molecule has 10 heteroatoms. The van der Waals surface area contributed by atoms with Gasteiger partial charge >= 0.3 is 6.01 Å². The van der Waals surface area contributed by atoms with Gasteiger partial charge in [0.15, 0.2) is 0 Å². The van der Waals surface area contributed by atoms with Crippen LogP contribution >= 0.6 is 12.2 Å². The maximum Gasteiger partial charge on any atom is 0.322 e. The minimum Gasteiger partial charge on any atom is -0.424 e. The molecule has 1 aromatic carbocycles. The first-order chi connectivity index (χ1) is 15.6. The predicted molar refractivity (Wildman–Crippen MR) is 135 cm³/mol. The molecule has 4 unspecified atom stereocenters. The van der Waals surface area contributed by atoms with Gasteiger partial charge in [-0.3, -0.25) is 4.21 Å². The van der Waals surface area contributed by atoms with Gasteiger partial charge in [0.1, 0.15) is 10.7 Å². The van der Waals surface area contributed by atoms with Crippen molar-refractivity contribution in [2.24, 2.45) is 23.5 Å². The molecule has 1 aromatic heterocycles. The van der Waals surface area contributed by atoms with Gasteiger partial charge in [-0.15, -0.1) is 5.10 Å². The monoisotopic (exact) mass is 488 g/mol. The van der Waals surface area contributed by atoms with Crippen LogP contribution in [0.25, 0.3) is 0 Å². The molecule has 1 aliphatic carbocycles. The molecule has 2 saturated heterocycles. The van der Waals surface area contributed by atoms with Crippen LogP contribution in [-0.4, -0.2) is 54.2 Å². The van der Waals surface area contributed by atoms with E-state index in [1.54, 1.807) is 17.0 Å². The molecular formula is C23H32N6O2S2. The quantitative estimate of drug-likeness (QED) is 0.451. The summed E-state index contributed by atoms with van der Waals surface area (Å²) in [7, 11) is -1.08. The summed E-state index contributed by atoms with van der Waals surface area (Å²) in [5.74, 6) is 2.68. The highest BCUT2D eigenvalue weighted by Crippen LogP contribution is 2.47. The van der Waals surface area contributed by atoms with E-state index in [4.69, 9.17) is 22.7 Å². The molecule has 0 spiro atoms. The number of fused-ring (bicyclic) bond motifs is 2. The van der Waals surface area contributed by atoms with Crippen molar-refractivity contribution >= 4 is 34.0 Å². The van der Waals surface area contributed by atoms with Crippen molar-refractivity contribution in [3.05, 3.63) is 36.0 Å². The molecule has 2 bridgehead atoms. The number of hydrogen-bond acceptors (Lipinski definition) is 7. The lowest BCUT2D eigenvalue weighted by atomic mass is 9.58. The smallest absolute Gasteiger partial charge is 0.322 e. The third-order valence-corrected chi connectivity index (χ3v) is 7.82. The number of hydrogen-bond donors (Lipinski definition) is 2. The summed E-state index contributed by atoms with van der Waals surface area (Å²) in [5, 5.41) is 8.24. The Labute approximate surface area is 203 Å². The molecular weight excluding hydrogens is 456 g/mol. The Kier molecular flexibility index (Phi) is 6.76. The number of aromatic nitrogens is 3. The molecule has 5 atom stereocenters. The summed E-state index contributed by atoms with van der Waals surface area (Å²) in [6.45, 7) is 10.0. The van der Waals surface area contributed by atoms with Crippen LogP contribution in [0.1, 0.15) is 33.7 Å². The Morgan fingerprint density at radius 2 is 2.06 bits per heavy atom. The highest BCUT2D eigenvalue weighted by molar-refractivity contribution is 7.84. The van der Waals surface area contributed by atoms with E-state index in [1.807, 2.05) is 45.0 Å². The van der Waals surface area contributed by atoms with E-state index in [2.05, 4.69) is 27.2 Å². The summed E-state index contributed by atoms with van der Waals surface area (Å²) in [6.07, 6.45) is 3.52. The molecule has 8 nitrogen and oxygen atoms in total. The number of piperidine rings is 2. The number of rotatable bonds is 7. The van der Waals surface area contributed by atoms with Crippen LogP contribution in [0.3, 0.4) is 0 Å². The first-order valence-electron chi connectivity index (χ1n) is 11.2. The Morgan fingerprint density at radius 3 is 2.67 bits per heavy atom. The zero-order chi connectivity index (χ0) is 23.9. The van der Waals surface area contributed by atoms with Gasteiger partial charge in [0.2, 0.25) is 5.95 Å². The lowest BCUT2D eigenvalue weighted by Crippen LogP contribution is -2.66. The Balaban J connectivity index is 1.49. The van der Waals surface area contributed by atoms with Crippen molar-refractivity contribution in [3.63, 3.8) is 0 Å². The van der Waals surface area contributed by atoms with E-state index in [9.17, 15) is 4.21 Å². The van der Waals surface area contributed by atoms with Gasteiger partial charge in [-0.2, -0.15) is 4.98 Å². The van der Waals surface area contributed by atoms with Gasteiger partial charge in [0.25, 0.3) is 0 Å². The van der Waals surface area contributed by atoms with Crippen LogP contribution in [0.5, 0.6) is 11.8 Å². The van der Waals surface area contributed by atoms with Crippen molar-refractivity contribution in [2.75, 3.05) is 24.7 Å². The third-order valence-electron chi connectivity index (χ3n) is 6.53. The highest BCUT2D eigenvalue weighted by Gasteiger charge is 2.53. The fourth-order valence-corrected chi connectivity index (χ4v) is 5.60. The van der Waals surface area contributed by atoms with E-state index >= 15 is 0 Å². The van der Waals surface area contributed by atoms with Gasteiger partial charge in [-0.25, -0.2) is 4.68 Å². The van der Waals surface area contributed by atoms with E-state index in [0.29, 0.717) is 46.4 Å².